The van der Waals surface area contributed by atoms with Gasteiger partial charge in [-0.3, -0.25) is 14.3 Å². The number of pyridine rings is 1. The minimum absolute atomic E-state index is 0.199. The number of benzene rings is 1. The minimum Gasteiger partial charge on any atom is -0.350 e. The van der Waals surface area contributed by atoms with E-state index < -0.39 is 0 Å². The zero-order valence-corrected chi connectivity index (χ0v) is 15.1. The van der Waals surface area contributed by atoms with Crippen LogP contribution in [0.1, 0.15) is 10.4 Å². The molecule has 0 aliphatic carbocycles. The van der Waals surface area contributed by atoms with Crippen molar-refractivity contribution in [1.82, 2.24) is 24.6 Å². The maximum absolute atomic E-state index is 12.3. The summed E-state index contributed by atoms with van der Waals surface area (Å²) >= 11 is 3.33. The molecule has 1 aromatic carbocycles. The zero-order chi connectivity index (χ0) is 17.8. The van der Waals surface area contributed by atoms with Crippen LogP contribution in [-0.2, 0) is 13.6 Å². The molecule has 0 atom stereocenters. The van der Waals surface area contributed by atoms with Crippen molar-refractivity contribution in [2.75, 3.05) is 6.54 Å². The summed E-state index contributed by atoms with van der Waals surface area (Å²) in [5.41, 5.74) is 0.924. The van der Waals surface area contributed by atoms with Crippen molar-refractivity contribution >= 4 is 21.8 Å². The molecule has 0 aliphatic rings. The van der Waals surface area contributed by atoms with E-state index in [2.05, 4.69) is 31.3 Å². The molecule has 3 rings (SSSR count). The van der Waals surface area contributed by atoms with Gasteiger partial charge in [0.2, 0.25) is 0 Å². The number of carbonyl (C=O) groups excluding carboxylic acids is 1. The fraction of sp³-hybridized carbons (Fsp3) is 0.176. The summed E-state index contributed by atoms with van der Waals surface area (Å²) in [6, 6.07) is 12.5. The summed E-state index contributed by atoms with van der Waals surface area (Å²) in [7, 11) is 1.65. The van der Waals surface area contributed by atoms with E-state index in [0.717, 1.165) is 4.47 Å². The van der Waals surface area contributed by atoms with Gasteiger partial charge in [0, 0.05) is 29.8 Å². The Balaban J connectivity index is 1.68. The standard InChI is InChI=1S/C17H16BrN5O2/c1-22-15(14-7-2-3-8-19-14)21-23(17(22)25)10-9-20-16(24)12-5-4-6-13(18)11-12/h2-8,11H,9-10H2,1H3,(H,20,24). The van der Waals surface area contributed by atoms with Crippen molar-refractivity contribution < 1.29 is 4.79 Å². The molecule has 128 valence electrons. The molecule has 0 spiro atoms. The average Bonchev–Trinajstić information content (AvgIpc) is 2.91. The van der Waals surface area contributed by atoms with E-state index in [0.29, 0.717) is 23.6 Å². The first-order valence-corrected chi connectivity index (χ1v) is 8.44. The van der Waals surface area contributed by atoms with Crippen LogP contribution in [0.25, 0.3) is 11.5 Å². The molecule has 2 aromatic heterocycles. The van der Waals surface area contributed by atoms with Gasteiger partial charge in [-0.2, -0.15) is 0 Å². The van der Waals surface area contributed by atoms with Gasteiger partial charge < -0.3 is 5.32 Å². The number of amides is 1. The van der Waals surface area contributed by atoms with Gasteiger partial charge in [-0.15, -0.1) is 5.10 Å². The molecule has 7 nitrogen and oxygen atoms in total. The summed E-state index contributed by atoms with van der Waals surface area (Å²) in [4.78, 5) is 28.6. The summed E-state index contributed by atoms with van der Waals surface area (Å²) < 4.78 is 3.60. The number of halogens is 1. The molecule has 2 heterocycles. The molecule has 1 amide bonds. The summed E-state index contributed by atoms with van der Waals surface area (Å²) in [5, 5.41) is 7.10. The van der Waals surface area contributed by atoms with Gasteiger partial charge in [0.05, 0.1) is 6.54 Å². The molecule has 0 saturated heterocycles. The Bertz CT molecular complexity index is 949. The molecule has 3 aromatic rings. The van der Waals surface area contributed by atoms with Crippen LogP contribution in [-0.4, -0.2) is 31.8 Å². The second-order valence-electron chi connectivity index (χ2n) is 5.37. The Morgan fingerprint density at radius 1 is 1.24 bits per heavy atom. The molecular weight excluding hydrogens is 386 g/mol. The van der Waals surface area contributed by atoms with Gasteiger partial charge in [0.15, 0.2) is 5.82 Å². The van der Waals surface area contributed by atoms with Gasteiger partial charge in [-0.05, 0) is 30.3 Å². The quantitative estimate of drug-likeness (QED) is 0.706. The van der Waals surface area contributed by atoms with Gasteiger partial charge in [-0.1, -0.05) is 28.1 Å². The van der Waals surface area contributed by atoms with Crippen molar-refractivity contribution in [2.24, 2.45) is 7.05 Å². The molecule has 0 fully saturated rings. The minimum atomic E-state index is -0.252. The Kier molecular flexibility index (Phi) is 5.08. The monoisotopic (exact) mass is 401 g/mol. The Hall–Kier alpha value is -2.74. The molecule has 0 saturated carbocycles. The predicted molar refractivity (Wildman–Crippen MR) is 97.2 cm³/mol. The average molecular weight is 402 g/mol. The van der Waals surface area contributed by atoms with E-state index in [1.807, 2.05) is 12.1 Å². The van der Waals surface area contributed by atoms with Crippen LogP contribution in [0.5, 0.6) is 0 Å². The zero-order valence-electron chi connectivity index (χ0n) is 13.5. The van der Waals surface area contributed by atoms with Gasteiger partial charge >= 0.3 is 5.69 Å². The Labute approximate surface area is 152 Å². The lowest BCUT2D eigenvalue weighted by atomic mass is 10.2. The molecule has 0 bridgehead atoms. The van der Waals surface area contributed by atoms with Crippen LogP contribution >= 0.6 is 15.9 Å². The summed E-state index contributed by atoms with van der Waals surface area (Å²) in [6.07, 6.45) is 1.65. The lowest BCUT2D eigenvalue weighted by Gasteiger charge is -2.05. The largest absolute Gasteiger partial charge is 0.350 e. The number of rotatable bonds is 5. The summed E-state index contributed by atoms with van der Waals surface area (Å²) in [6.45, 7) is 0.573. The number of hydrogen-bond donors (Lipinski definition) is 1. The first-order chi connectivity index (χ1) is 12.1. The fourth-order valence-electron chi connectivity index (χ4n) is 2.36. The second-order valence-corrected chi connectivity index (χ2v) is 6.29. The van der Waals surface area contributed by atoms with E-state index in [1.54, 1.807) is 43.6 Å². The van der Waals surface area contributed by atoms with E-state index in [1.165, 1.54) is 9.25 Å². The van der Waals surface area contributed by atoms with Crippen LogP contribution in [0.2, 0.25) is 0 Å². The van der Waals surface area contributed by atoms with Crippen LogP contribution in [0.3, 0.4) is 0 Å². The Morgan fingerprint density at radius 3 is 2.80 bits per heavy atom. The van der Waals surface area contributed by atoms with Gasteiger partial charge in [0.25, 0.3) is 5.91 Å². The molecule has 1 N–H and O–H groups in total. The van der Waals surface area contributed by atoms with Gasteiger partial charge in [0.1, 0.15) is 5.69 Å². The van der Waals surface area contributed by atoms with Crippen molar-refractivity contribution in [1.29, 1.82) is 0 Å². The number of aromatic nitrogens is 4. The van der Waals surface area contributed by atoms with Gasteiger partial charge in [-0.25, -0.2) is 9.48 Å². The van der Waals surface area contributed by atoms with E-state index >= 15 is 0 Å². The molecular formula is C17H16BrN5O2. The van der Waals surface area contributed by atoms with Crippen molar-refractivity contribution in [3.63, 3.8) is 0 Å². The van der Waals surface area contributed by atoms with Crippen LogP contribution in [0.4, 0.5) is 0 Å². The molecule has 0 unspecified atom stereocenters. The van der Waals surface area contributed by atoms with Crippen LogP contribution < -0.4 is 11.0 Å². The first-order valence-electron chi connectivity index (χ1n) is 7.65. The maximum Gasteiger partial charge on any atom is 0.346 e. The third kappa shape index (κ3) is 3.85. The molecule has 25 heavy (non-hydrogen) atoms. The van der Waals surface area contributed by atoms with E-state index in [9.17, 15) is 9.59 Å². The normalized spacial score (nSPS) is 10.6. The molecule has 8 heteroatoms. The third-order valence-corrected chi connectivity index (χ3v) is 4.12. The van der Waals surface area contributed by atoms with Crippen LogP contribution in [0.15, 0.2) is 57.9 Å². The first kappa shape index (κ1) is 17.1. The predicted octanol–water partition coefficient (Wildman–Crippen LogP) is 1.84. The fourth-order valence-corrected chi connectivity index (χ4v) is 2.76. The highest BCUT2D eigenvalue weighted by Crippen LogP contribution is 2.12. The highest BCUT2D eigenvalue weighted by molar-refractivity contribution is 9.10. The van der Waals surface area contributed by atoms with E-state index in [4.69, 9.17) is 0 Å². The highest BCUT2D eigenvalue weighted by Gasteiger charge is 2.13. The smallest absolute Gasteiger partial charge is 0.346 e. The number of nitrogens with zero attached hydrogens (tertiary/aromatic N) is 4. The lowest BCUT2D eigenvalue weighted by molar-refractivity contribution is 0.0951. The van der Waals surface area contributed by atoms with Crippen molar-refractivity contribution in [2.45, 2.75) is 6.54 Å². The number of nitrogens with one attached hydrogen (secondary N) is 1. The second kappa shape index (κ2) is 7.43. The maximum atomic E-state index is 12.3. The topological polar surface area (TPSA) is 81.8 Å². The van der Waals surface area contributed by atoms with E-state index in [-0.39, 0.29) is 18.1 Å². The van der Waals surface area contributed by atoms with Crippen LogP contribution in [0, 0.1) is 0 Å². The summed E-state index contributed by atoms with van der Waals surface area (Å²) in [5.74, 6) is 0.291. The number of hydrogen-bond acceptors (Lipinski definition) is 4. The third-order valence-electron chi connectivity index (χ3n) is 3.63. The SMILES string of the molecule is Cn1c(-c2ccccn2)nn(CCNC(=O)c2cccc(Br)c2)c1=O. The highest BCUT2D eigenvalue weighted by atomic mass is 79.9. The van der Waals surface area contributed by atoms with Crippen molar-refractivity contribution in [3.8, 4) is 11.5 Å². The lowest BCUT2D eigenvalue weighted by Crippen LogP contribution is -2.31. The van der Waals surface area contributed by atoms with Crippen molar-refractivity contribution in [3.05, 3.63) is 69.2 Å². The number of carbonyl (C=O) groups is 1. The molecule has 0 aliphatic heterocycles. The molecule has 0 radical (unpaired) electrons. The Morgan fingerprint density at radius 2 is 2.08 bits per heavy atom.